The molecule has 1 atom stereocenters. The van der Waals surface area contributed by atoms with E-state index < -0.39 is 0 Å². The van der Waals surface area contributed by atoms with Gasteiger partial charge >= 0.3 is 0 Å². The first kappa shape index (κ1) is 28.2. The van der Waals surface area contributed by atoms with Crippen molar-refractivity contribution in [3.8, 4) is 28.7 Å². The standard InChI is InChI=1S/C36H35NO6/c1-22(38)37-14-13-25-16-32(39-2)33(40-3)18-28(25)36(37)31-15-24-11-12-26(43-21-23-9-7-6-8-10-23)17-27(24)29-19-34(41-4)35(42-5)20-30(29)31/h6-12,15-20,36H,13-14,21H2,1-5H3. The Bertz CT molecular complexity index is 1820. The van der Waals surface area contributed by atoms with Crippen molar-refractivity contribution in [2.75, 3.05) is 35.0 Å². The minimum atomic E-state index is -0.347. The summed E-state index contributed by atoms with van der Waals surface area (Å²) in [5.74, 6) is 3.32. The van der Waals surface area contributed by atoms with Gasteiger partial charge in [0.1, 0.15) is 12.4 Å². The van der Waals surface area contributed by atoms with Crippen molar-refractivity contribution in [3.63, 3.8) is 0 Å². The number of fused-ring (bicyclic) bond motifs is 4. The summed E-state index contributed by atoms with van der Waals surface area (Å²) in [5, 5.41) is 3.98. The Morgan fingerprint density at radius 3 is 2.05 bits per heavy atom. The molecule has 0 aromatic heterocycles. The van der Waals surface area contributed by atoms with Gasteiger partial charge in [0.15, 0.2) is 23.0 Å². The minimum absolute atomic E-state index is 0.00354. The average molecular weight is 578 g/mol. The molecule has 7 heteroatoms. The number of carbonyl (C=O) groups is 1. The van der Waals surface area contributed by atoms with E-state index in [4.69, 9.17) is 23.7 Å². The van der Waals surface area contributed by atoms with Gasteiger partial charge in [0.2, 0.25) is 5.91 Å². The first-order chi connectivity index (χ1) is 20.9. The summed E-state index contributed by atoms with van der Waals surface area (Å²) in [6.07, 6.45) is 0.719. The third-order valence-electron chi connectivity index (χ3n) is 8.28. The molecule has 220 valence electrons. The molecule has 6 rings (SSSR count). The lowest BCUT2D eigenvalue weighted by Gasteiger charge is -2.38. The molecule has 1 amide bonds. The fraction of sp³-hybridized carbons (Fsp3) is 0.250. The van der Waals surface area contributed by atoms with Crippen LogP contribution in [-0.4, -0.2) is 45.8 Å². The minimum Gasteiger partial charge on any atom is -0.493 e. The molecule has 1 aliphatic rings. The van der Waals surface area contributed by atoms with E-state index in [0.29, 0.717) is 36.1 Å². The zero-order chi connectivity index (χ0) is 30.1. The van der Waals surface area contributed by atoms with Crippen molar-refractivity contribution < 1.29 is 28.5 Å². The molecule has 0 fully saturated rings. The second-order valence-electron chi connectivity index (χ2n) is 10.6. The maximum absolute atomic E-state index is 13.1. The average Bonchev–Trinajstić information content (AvgIpc) is 3.05. The Morgan fingerprint density at radius 1 is 0.721 bits per heavy atom. The second kappa shape index (κ2) is 11.8. The van der Waals surface area contributed by atoms with Crippen LogP contribution in [0.25, 0.3) is 21.5 Å². The lowest BCUT2D eigenvalue weighted by Crippen LogP contribution is -2.39. The van der Waals surface area contributed by atoms with Gasteiger partial charge in [0.05, 0.1) is 34.5 Å². The smallest absolute Gasteiger partial charge is 0.220 e. The Balaban J connectivity index is 1.58. The molecule has 7 nitrogen and oxygen atoms in total. The first-order valence-electron chi connectivity index (χ1n) is 14.3. The van der Waals surface area contributed by atoms with Crippen molar-refractivity contribution in [2.24, 2.45) is 0 Å². The number of carbonyl (C=O) groups excluding carboxylic acids is 1. The van der Waals surface area contributed by atoms with Crippen LogP contribution in [0.3, 0.4) is 0 Å². The molecule has 0 saturated heterocycles. The van der Waals surface area contributed by atoms with Crippen molar-refractivity contribution in [1.29, 1.82) is 0 Å². The molecule has 0 N–H and O–H groups in total. The summed E-state index contributed by atoms with van der Waals surface area (Å²) in [6, 6.07) is 26.1. The zero-order valence-electron chi connectivity index (χ0n) is 25.1. The van der Waals surface area contributed by atoms with Crippen LogP contribution in [0.1, 0.15) is 35.2 Å². The van der Waals surface area contributed by atoms with Crippen LogP contribution < -0.4 is 23.7 Å². The maximum atomic E-state index is 13.1. The predicted molar refractivity (Wildman–Crippen MR) is 168 cm³/mol. The van der Waals surface area contributed by atoms with Gasteiger partial charge in [-0.25, -0.2) is 0 Å². The third kappa shape index (κ3) is 5.16. The predicted octanol–water partition coefficient (Wildman–Crippen LogP) is 7.10. The molecule has 43 heavy (non-hydrogen) atoms. The highest BCUT2D eigenvalue weighted by molar-refractivity contribution is 6.11. The van der Waals surface area contributed by atoms with Crippen LogP contribution >= 0.6 is 0 Å². The molecule has 1 unspecified atom stereocenters. The summed E-state index contributed by atoms with van der Waals surface area (Å²) in [7, 11) is 6.54. The Kier molecular flexibility index (Phi) is 7.72. The van der Waals surface area contributed by atoms with Gasteiger partial charge in [-0.1, -0.05) is 36.4 Å². The van der Waals surface area contributed by atoms with Gasteiger partial charge in [-0.15, -0.1) is 0 Å². The Hall–Kier alpha value is -4.91. The molecule has 5 aromatic carbocycles. The van der Waals surface area contributed by atoms with Gasteiger partial charge in [-0.2, -0.15) is 0 Å². The summed E-state index contributed by atoms with van der Waals surface area (Å²) in [6.45, 7) is 2.68. The highest BCUT2D eigenvalue weighted by Gasteiger charge is 2.33. The number of methoxy groups -OCH3 is 4. The lowest BCUT2D eigenvalue weighted by molar-refractivity contribution is -0.130. The van der Waals surface area contributed by atoms with E-state index in [1.54, 1.807) is 35.4 Å². The topological polar surface area (TPSA) is 66.5 Å². The Labute approximate surface area is 251 Å². The highest BCUT2D eigenvalue weighted by atomic mass is 16.5. The Morgan fingerprint density at radius 2 is 1.37 bits per heavy atom. The second-order valence-corrected chi connectivity index (χ2v) is 10.6. The summed E-state index contributed by atoms with van der Waals surface area (Å²) < 4.78 is 29.0. The van der Waals surface area contributed by atoms with Gasteiger partial charge in [0, 0.05) is 13.5 Å². The van der Waals surface area contributed by atoms with Crippen molar-refractivity contribution >= 4 is 27.5 Å². The van der Waals surface area contributed by atoms with Gasteiger partial charge < -0.3 is 28.6 Å². The molecule has 0 bridgehead atoms. The van der Waals surface area contributed by atoms with E-state index in [1.807, 2.05) is 65.6 Å². The van der Waals surface area contributed by atoms with Gasteiger partial charge in [-0.3, -0.25) is 4.79 Å². The van der Waals surface area contributed by atoms with E-state index in [2.05, 4.69) is 18.2 Å². The van der Waals surface area contributed by atoms with Gasteiger partial charge in [0.25, 0.3) is 0 Å². The number of ether oxygens (including phenoxy) is 5. The largest absolute Gasteiger partial charge is 0.493 e. The van der Waals surface area contributed by atoms with Crippen LogP contribution in [0.2, 0.25) is 0 Å². The number of hydrogen-bond donors (Lipinski definition) is 0. The first-order valence-corrected chi connectivity index (χ1v) is 14.3. The molecule has 5 aromatic rings. The molecule has 0 radical (unpaired) electrons. The molecule has 0 aliphatic carbocycles. The van der Waals surface area contributed by atoms with Crippen LogP contribution in [0.15, 0.2) is 78.9 Å². The van der Waals surface area contributed by atoms with E-state index in [-0.39, 0.29) is 11.9 Å². The van der Waals surface area contributed by atoms with Crippen LogP contribution in [0.5, 0.6) is 28.7 Å². The monoisotopic (exact) mass is 577 g/mol. The van der Waals surface area contributed by atoms with E-state index in [9.17, 15) is 4.79 Å². The van der Waals surface area contributed by atoms with Crippen LogP contribution in [0.4, 0.5) is 0 Å². The fourth-order valence-corrected chi connectivity index (χ4v) is 6.16. The molecule has 1 aliphatic heterocycles. The summed E-state index contributed by atoms with van der Waals surface area (Å²) in [5.41, 5.74) is 4.22. The molecular weight excluding hydrogens is 542 g/mol. The van der Waals surface area contributed by atoms with Crippen molar-refractivity contribution in [3.05, 3.63) is 101 Å². The summed E-state index contributed by atoms with van der Waals surface area (Å²) in [4.78, 5) is 15.1. The maximum Gasteiger partial charge on any atom is 0.220 e. The number of rotatable bonds is 8. The quantitative estimate of drug-likeness (QED) is 0.183. The van der Waals surface area contributed by atoms with E-state index in [0.717, 1.165) is 56.0 Å². The number of amides is 1. The van der Waals surface area contributed by atoms with Crippen LogP contribution in [0, 0.1) is 0 Å². The van der Waals surface area contributed by atoms with E-state index in [1.165, 1.54) is 0 Å². The van der Waals surface area contributed by atoms with Gasteiger partial charge in [-0.05, 0) is 92.7 Å². The fourth-order valence-electron chi connectivity index (χ4n) is 6.16. The van der Waals surface area contributed by atoms with Crippen LogP contribution in [-0.2, 0) is 17.8 Å². The highest BCUT2D eigenvalue weighted by Crippen LogP contribution is 2.46. The molecular formula is C36H35NO6. The summed E-state index contributed by atoms with van der Waals surface area (Å²) >= 11 is 0. The third-order valence-corrected chi connectivity index (χ3v) is 8.28. The normalized spacial score (nSPS) is 14.3. The van der Waals surface area contributed by atoms with E-state index >= 15 is 0 Å². The zero-order valence-corrected chi connectivity index (χ0v) is 25.1. The number of hydrogen-bond acceptors (Lipinski definition) is 6. The molecule has 1 heterocycles. The number of benzene rings is 5. The molecule has 0 spiro atoms. The number of nitrogens with zero attached hydrogens (tertiary/aromatic N) is 1. The lowest BCUT2D eigenvalue weighted by atomic mass is 9.84. The van der Waals surface area contributed by atoms with Crippen molar-refractivity contribution in [2.45, 2.75) is 26.0 Å². The van der Waals surface area contributed by atoms with Crippen molar-refractivity contribution in [1.82, 2.24) is 4.90 Å². The SMILES string of the molecule is COc1cc2c(cc1OC)C(c1cc3ccc(OCc4ccccc4)cc3c3cc(OC)c(OC)cc13)N(C(C)=O)CC2. The molecule has 0 saturated carbocycles.